The van der Waals surface area contributed by atoms with Crippen LogP contribution in [0.15, 0.2) is 71.1 Å². The number of ketones is 1. The number of carbonyl (C=O) groups excluding carboxylic acids is 1. The zero-order chi connectivity index (χ0) is 29.2. The lowest BCUT2D eigenvalue weighted by molar-refractivity contribution is 0.0698. The van der Waals surface area contributed by atoms with Gasteiger partial charge in [-0.05, 0) is 42.7 Å². The Kier molecular flexibility index (Phi) is 10.6. The van der Waals surface area contributed by atoms with Crippen molar-refractivity contribution in [2.75, 3.05) is 23.7 Å². The molecule has 3 aromatic carbocycles. The van der Waals surface area contributed by atoms with E-state index in [1.54, 1.807) is 18.2 Å². The van der Waals surface area contributed by atoms with Crippen LogP contribution in [0.2, 0.25) is 0 Å². The topological polar surface area (TPSA) is 121 Å². The normalized spacial score (nSPS) is 11.5. The Hall–Kier alpha value is -4.39. The van der Waals surface area contributed by atoms with Crippen molar-refractivity contribution in [1.82, 2.24) is 0 Å². The van der Waals surface area contributed by atoms with Gasteiger partial charge in [0, 0.05) is 47.0 Å². The predicted octanol–water partition coefficient (Wildman–Crippen LogP) is 8.06. The lowest BCUT2D eigenvalue weighted by Crippen LogP contribution is -2.25. The average Bonchev–Trinajstić information content (AvgIpc) is 3.37. The van der Waals surface area contributed by atoms with Gasteiger partial charge in [-0.2, -0.15) is 0 Å². The summed E-state index contributed by atoms with van der Waals surface area (Å²) in [5.41, 5.74) is 10.1. The molecule has 40 heavy (non-hydrogen) atoms. The highest BCUT2D eigenvalue weighted by Gasteiger charge is 2.32. The number of carboxylic acid groups (broad SMARTS) is 1. The number of hydrogen-bond donors (Lipinski definition) is 3. The van der Waals surface area contributed by atoms with E-state index in [1.165, 1.54) is 6.07 Å². The van der Waals surface area contributed by atoms with Crippen molar-refractivity contribution in [3.05, 3.63) is 83.6 Å². The zero-order valence-corrected chi connectivity index (χ0v) is 23.8. The number of unbranched alkanes of at least 4 members (excludes halogenated alkanes) is 2. The number of nitrogens with one attached hydrogen (secondary N) is 1. The SMILES string of the molecule is CC.CCCCN(CCCC)c1ccc2c3c(oc2c1)C(=O)C(=N)c1ccccc1-3.Nc1ccccc1C(=O)O. The highest BCUT2D eigenvalue weighted by atomic mass is 16.4. The molecule has 5 rings (SSSR count). The van der Waals surface area contributed by atoms with E-state index in [-0.39, 0.29) is 17.1 Å². The molecule has 1 heterocycles. The molecule has 0 atom stereocenters. The van der Waals surface area contributed by atoms with Crippen molar-refractivity contribution in [3.8, 4) is 11.1 Å². The van der Waals surface area contributed by atoms with Crippen LogP contribution < -0.4 is 10.6 Å². The zero-order valence-electron chi connectivity index (χ0n) is 23.8. The van der Waals surface area contributed by atoms with Crippen molar-refractivity contribution in [3.63, 3.8) is 0 Å². The summed E-state index contributed by atoms with van der Waals surface area (Å²) in [4.78, 5) is 25.5. The van der Waals surface area contributed by atoms with Crippen LogP contribution >= 0.6 is 0 Å². The fourth-order valence-electron chi connectivity index (χ4n) is 4.62. The van der Waals surface area contributed by atoms with Crippen LogP contribution in [0, 0.1) is 5.41 Å². The molecule has 7 heteroatoms. The number of carboxylic acids is 1. The van der Waals surface area contributed by atoms with Gasteiger partial charge < -0.3 is 20.2 Å². The molecule has 4 aromatic rings. The molecule has 0 bridgehead atoms. The van der Waals surface area contributed by atoms with Crippen molar-refractivity contribution >= 4 is 39.8 Å². The number of hydrogen-bond acceptors (Lipinski definition) is 6. The summed E-state index contributed by atoms with van der Waals surface area (Å²) >= 11 is 0. The number of nitrogen functional groups attached to an aromatic ring is 1. The number of benzene rings is 3. The molecule has 0 saturated carbocycles. The highest BCUT2D eigenvalue weighted by Crippen LogP contribution is 2.41. The van der Waals surface area contributed by atoms with Crippen LogP contribution in [-0.2, 0) is 0 Å². The summed E-state index contributed by atoms with van der Waals surface area (Å²) in [5.74, 6) is -1.03. The second-order valence-corrected chi connectivity index (χ2v) is 9.32. The van der Waals surface area contributed by atoms with Crippen LogP contribution in [0.5, 0.6) is 0 Å². The third kappa shape index (κ3) is 6.42. The van der Waals surface area contributed by atoms with Gasteiger partial charge in [0.25, 0.3) is 0 Å². The molecule has 1 aliphatic carbocycles. The Labute approximate surface area is 236 Å². The van der Waals surface area contributed by atoms with E-state index < -0.39 is 5.97 Å². The van der Waals surface area contributed by atoms with E-state index in [0.29, 0.717) is 17.0 Å². The van der Waals surface area contributed by atoms with E-state index in [1.807, 2.05) is 38.1 Å². The van der Waals surface area contributed by atoms with E-state index in [2.05, 4.69) is 36.9 Å². The number of nitrogens with two attached hydrogens (primary N) is 1. The lowest BCUT2D eigenvalue weighted by Gasteiger charge is -2.24. The Bertz CT molecular complexity index is 1480. The van der Waals surface area contributed by atoms with Crippen LogP contribution in [0.4, 0.5) is 11.4 Å². The number of carbonyl (C=O) groups is 2. The van der Waals surface area contributed by atoms with E-state index in [0.717, 1.165) is 66.6 Å². The smallest absolute Gasteiger partial charge is 0.337 e. The number of rotatable bonds is 8. The molecule has 1 aromatic heterocycles. The van der Waals surface area contributed by atoms with Crippen molar-refractivity contribution < 1.29 is 19.1 Å². The van der Waals surface area contributed by atoms with E-state index in [4.69, 9.17) is 20.7 Å². The predicted molar refractivity (Wildman–Crippen MR) is 164 cm³/mol. The highest BCUT2D eigenvalue weighted by molar-refractivity contribution is 6.54. The molecule has 7 nitrogen and oxygen atoms in total. The molecule has 1 aliphatic rings. The molecule has 210 valence electrons. The van der Waals surface area contributed by atoms with Crippen molar-refractivity contribution in [2.24, 2.45) is 0 Å². The first-order chi connectivity index (χ1) is 19.4. The minimum Gasteiger partial charge on any atom is -0.478 e. The molecule has 4 N–H and O–H groups in total. The Morgan fingerprint density at radius 3 is 2.10 bits per heavy atom. The molecule has 0 amide bonds. The number of para-hydroxylation sites is 1. The fraction of sp³-hybridized carbons (Fsp3) is 0.303. The van der Waals surface area contributed by atoms with Crippen LogP contribution in [0.1, 0.15) is 79.9 Å². The fourth-order valence-corrected chi connectivity index (χ4v) is 4.62. The van der Waals surface area contributed by atoms with Gasteiger partial charge in [-0.25, -0.2) is 4.79 Å². The molecular weight excluding hydrogens is 502 g/mol. The largest absolute Gasteiger partial charge is 0.478 e. The van der Waals surface area contributed by atoms with Gasteiger partial charge in [-0.15, -0.1) is 0 Å². The van der Waals surface area contributed by atoms with Crippen molar-refractivity contribution in [2.45, 2.75) is 53.4 Å². The van der Waals surface area contributed by atoms with Crippen LogP contribution in [0.3, 0.4) is 0 Å². The van der Waals surface area contributed by atoms with Gasteiger partial charge in [-0.1, -0.05) is 76.9 Å². The second kappa shape index (κ2) is 14.1. The minimum absolute atomic E-state index is 0.00916. The number of nitrogens with zero attached hydrogens (tertiary/aromatic N) is 1. The van der Waals surface area contributed by atoms with E-state index in [9.17, 15) is 9.59 Å². The third-order valence-electron chi connectivity index (χ3n) is 6.69. The number of Topliss-reactive ketones (excluding diaryl/α,β-unsaturated/α-hetero) is 1. The Morgan fingerprint density at radius 1 is 0.925 bits per heavy atom. The van der Waals surface area contributed by atoms with Gasteiger partial charge >= 0.3 is 5.97 Å². The lowest BCUT2D eigenvalue weighted by atomic mass is 9.86. The quantitative estimate of drug-likeness (QED) is 0.194. The maximum absolute atomic E-state index is 12.7. The molecule has 0 saturated heterocycles. The van der Waals surface area contributed by atoms with Gasteiger partial charge in [0.2, 0.25) is 5.78 Å². The number of aromatic carboxylic acids is 1. The maximum Gasteiger partial charge on any atom is 0.337 e. The summed E-state index contributed by atoms with van der Waals surface area (Å²) in [7, 11) is 0. The summed E-state index contributed by atoms with van der Waals surface area (Å²) < 4.78 is 6.01. The summed E-state index contributed by atoms with van der Waals surface area (Å²) in [6, 6.07) is 20.2. The number of fused-ring (bicyclic) bond motifs is 5. The first-order valence-corrected chi connectivity index (χ1v) is 14.0. The molecule has 0 unspecified atom stereocenters. The first-order valence-electron chi connectivity index (χ1n) is 14.0. The van der Waals surface area contributed by atoms with Gasteiger partial charge in [0.1, 0.15) is 11.3 Å². The third-order valence-corrected chi connectivity index (χ3v) is 6.69. The van der Waals surface area contributed by atoms with Gasteiger partial charge in [-0.3, -0.25) is 10.2 Å². The monoisotopic (exact) mass is 541 g/mol. The van der Waals surface area contributed by atoms with Crippen LogP contribution in [-0.4, -0.2) is 35.7 Å². The van der Waals surface area contributed by atoms with Crippen LogP contribution in [0.25, 0.3) is 22.1 Å². The number of furan rings is 1. The summed E-state index contributed by atoms with van der Waals surface area (Å²) in [5, 5.41) is 17.7. The summed E-state index contributed by atoms with van der Waals surface area (Å²) in [6.07, 6.45) is 4.62. The maximum atomic E-state index is 12.7. The van der Waals surface area contributed by atoms with Gasteiger partial charge in [0.15, 0.2) is 5.76 Å². The molecule has 0 fully saturated rings. The van der Waals surface area contributed by atoms with Gasteiger partial charge in [0.05, 0.1) is 5.56 Å². The second-order valence-electron chi connectivity index (χ2n) is 9.32. The molecular formula is C33H39N3O4. The Morgan fingerprint density at radius 2 is 1.52 bits per heavy atom. The van der Waals surface area contributed by atoms with E-state index >= 15 is 0 Å². The molecule has 0 spiro atoms. The first kappa shape index (κ1) is 30.2. The average molecular weight is 542 g/mol. The molecule has 0 radical (unpaired) electrons. The molecule has 0 aliphatic heterocycles. The minimum atomic E-state index is -0.988. The van der Waals surface area contributed by atoms with Crippen molar-refractivity contribution in [1.29, 1.82) is 5.41 Å². The standard InChI is InChI=1S/C24H26N2O2.C7H7NO2.C2H6/c1-3-5-13-26(14-6-4-2)16-11-12-19-20(15-16)28-24-21(19)17-9-7-8-10-18(17)22(25)23(24)27;8-6-4-2-1-3-5(6)7(9)10;1-2/h7-12,15,25H,3-6,13-14H2,1-2H3;1-4H,8H2,(H,9,10);1-2H3. The Balaban J connectivity index is 0.000000309. The summed E-state index contributed by atoms with van der Waals surface area (Å²) in [6.45, 7) is 10.5. The number of anilines is 2.